The normalized spacial score (nSPS) is 10.0. The monoisotopic (exact) mass is 145 g/mol. The Bertz CT molecular complexity index is 107. The van der Waals surface area contributed by atoms with Crippen LogP contribution < -0.4 is 5.32 Å². The summed E-state index contributed by atoms with van der Waals surface area (Å²) in [4.78, 5) is 0. The second-order valence-electron chi connectivity index (χ2n) is 1.68. The molecule has 0 bridgehead atoms. The van der Waals surface area contributed by atoms with Crippen LogP contribution in [-0.4, -0.2) is 12.4 Å². The average Bonchev–Trinajstić information content (AvgIpc) is 1.89. The van der Waals surface area contributed by atoms with Crippen molar-refractivity contribution in [2.45, 2.75) is 6.92 Å². The van der Waals surface area contributed by atoms with Crippen LogP contribution in [-0.2, 0) is 0 Å². The number of halogens is 1. The van der Waals surface area contributed by atoms with E-state index >= 15 is 0 Å². The van der Waals surface area contributed by atoms with E-state index in [9.17, 15) is 0 Å². The molecule has 0 atom stereocenters. The summed E-state index contributed by atoms with van der Waals surface area (Å²) in [6, 6.07) is 0. The van der Waals surface area contributed by atoms with Gasteiger partial charge in [0.05, 0.1) is 0 Å². The highest BCUT2D eigenvalue weighted by Crippen LogP contribution is 1.93. The molecule has 0 aromatic carbocycles. The van der Waals surface area contributed by atoms with Gasteiger partial charge in [0.25, 0.3) is 0 Å². The van der Waals surface area contributed by atoms with E-state index in [4.69, 9.17) is 11.6 Å². The van der Waals surface area contributed by atoms with Crippen LogP contribution in [0.25, 0.3) is 0 Å². The fraction of sp³-hybridized carbons (Fsp3) is 0.429. The number of hydrogen-bond donors (Lipinski definition) is 1. The molecule has 1 N–H and O–H groups in total. The van der Waals surface area contributed by atoms with Crippen molar-refractivity contribution in [2.24, 2.45) is 0 Å². The lowest BCUT2D eigenvalue weighted by atomic mass is 10.3. The van der Waals surface area contributed by atoms with Gasteiger partial charge in [-0.3, -0.25) is 0 Å². The zero-order valence-electron chi connectivity index (χ0n) is 5.65. The molecule has 0 aromatic heterocycles. The lowest BCUT2D eigenvalue weighted by molar-refractivity contribution is 0.918. The zero-order valence-corrected chi connectivity index (χ0v) is 6.41. The first-order chi connectivity index (χ1) is 4.31. The Morgan fingerprint density at radius 2 is 2.44 bits per heavy atom. The van der Waals surface area contributed by atoms with Crippen molar-refractivity contribution < 1.29 is 0 Å². The highest BCUT2D eigenvalue weighted by Gasteiger charge is 1.79. The Morgan fingerprint density at radius 1 is 1.78 bits per heavy atom. The fourth-order valence-electron chi connectivity index (χ4n) is 0.339. The molecule has 0 saturated heterocycles. The number of alkyl halides is 1. The summed E-state index contributed by atoms with van der Waals surface area (Å²) < 4.78 is 0. The molecule has 0 amide bonds. The van der Waals surface area contributed by atoms with Crippen LogP contribution in [0.4, 0.5) is 0 Å². The van der Waals surface area contributed by atoms with E-state index in [1.807, 2.05) is 19.2 Å². The molecule has 0 saturated carbocycles. The van der Waals surface area contributed by atoms with E-state index in [-0.39, 0.29) is 0 Å². The first-order valence-corrected chi connectivity index (χ1v) is 3.48. The van der Waals surface area contributed by atoms with E-state index in [2.05, 4.69) is 11.9 Å². The van der Waals surface area contributed by atoms with Gasteiger partial charge in [0, 0.05) is 12.4 Å². The summed E-state index contributed by atoms with van der Waals surface area (Å²) in [5.74, 6) is 0.502. The van der Waals surface area contributed by atoms with Crippen LogP contribution in [0.1, 0.15) is 6.92 Å². The van der Waals surface area contributed by atoms with E-state index in [0.29, 0.717) is 5.88 Å². The SMILES string of the molecule is C=C(/C=C\NCC)CCl. The lowest BCUT2D eigenvalue weighted by Gasteiger charge is -1.91. The standard InChI is InChI=1S/C7H12ClN/c1-3-9-5-4-7(2)6-8/h4-5,9H,2-3,6H2,1H3/b5-4-. The molecule has 9 heavy (non-hydrogen) atoms. The van der Waals surface area contributed by atoms with Gasteiger partial charge in [-0.25, -0.2) is 0 Å². The summed E-state index contributed by atoms with van der Waals surface area (Å²) in [5, 5.41) is 3.01. The Hall–Kier alpha value is -0.430. The molecule has 1 nitrogen and oxygen atoms in total. The van der Waals surface area contributed by atoms with Crippen LogP contribution in [0.15, 0.2) is 24.4 Å². The molecular formula is C7H12ClN. The summed E-state index contributed by atoms with van der Waals surface area (Å²) in [7, 11) is 0. The maximum absolute atomic E-state index is 5.45. The molecule has 0 radical (unpaired) electrons. The smallest absolute Gasteiger partial charge is 0.0468 e. The molecule has 0 aliphatic rings. The molecule has 0 rings (SSSR count). The third kappa shape index (κ3) is 5.44. The quantitative estimate of drug-likeness (QED) is 0.471. The lowest BCUT2D eigenvalue weighted by Crippen LogP contribution is -2.01. The second-order valence-corrected chi connectivity index (χ2v) is 1.95. The van der Waals surface area contributed by atoms with Crippen molar-refractivity contribution in [3.63, 3.8) is 0 Å². The van der Waals surface area contributed by atoms with Gasteiger partial charge in [-0.2, -0.15) is 0 Å². The second kappa shape index (κ2) is 5.70. The minimum Gasteiger partial charge on any atom is -0.391 e. The largest absolute Gasteiger partial charge is 0.391 e. The molecule has 0 aromatic rings. The topological polar surface area (TPSA) is 12.0 Å². The Balaban J connectivity index is 3.32. The third-order valence-corrected chi connectivity index (χ3v) is 1.16. The number of allylic oxidation sites excluding steroid dienone is 2. The predicted octanol–water partition coefficient (Wildman–Crippen LogP) is 1.90. The molecule has 2 heteroatoms. The summed E-state index contributed by atoms with van der Waals surface area (Å²) >= 11 is 5.45. The van der Waals surface area contributed by atoms with Gasteiger partial charge >= 0.3 is 0 Å². The van der Waals surface area contributed by atoms with Gasteiger partial charge in [-0.15, -0.1) is 11.6 Å². The Morgan fingerprint density at radius 3 is 2.89 bits per heavy atom. The van der Waals surface area contributed by atoms with Crippen molar-refractivity contribution in [1.82, 2.24) is 5.32 Å². The van der Waals surface area contributed by atoms with Crippen molar-refractivity contribution in [3.05, 3.63) is 24.4 Å². The average molecular weight is 146 g/mol. The van der Waals surface area contributed by atoms with Crippen LogP contribution in [0.3, 0.4) is 0 Å². The molecule has 52 valence electrons. The molecule has 0 aliphatic heterocycles. The molecule has 0 unspecified atom stereocenters. The van der Waals surface area contributed by atoms with Gasteiger partial charge < -0.3 is 5.32 Å². The first kappa shape index (κ1) is 8.57. The van der Waals surface area contributed by atoms with Gasteiger partial charge in [0.2, 0.25) is 0 Å². The van der Waals surface area contributed by atoms with Crippen LogP contribution >= 0.6 is 11.6 Å². The van der Waals surface area contributed by atoms with E-state index in [1.165, 1.54) is 0 Å². The van der Waals surface area contributed by atoms with Gasteiger partial charge in [0.1, 0.15) is 0 Å². The Kier molecular flexibility index (Phi) is 5.43. The number of hydrogen-bond acceptors (Lipinski definition) is 1. The van der Waals surface area contributed by atoms with Gasteiger partial charge in [-0.1, -0.05) is 6.58 Å². The van der Waals surface area contributed by atoms with E-state index < -0.39 is 0 Å². The van der Waals surface area contributed by atoms with Crippen molar-refractivity contribution in [2.75, 3.05) is 12.4 Å². The zero-order chi connectivity index (χ0) is 7.11. The fourth-order valence-corrected chi connectivity index (χ4v) is 0.428. The molecule has 0 heterocycles. The van der Waals surface area contributed by atoms with Crippen molar-refractivity contribution >= 4 is 11.6 Å². The molecule has 0 fully saturated rings. The minimum atomic E-state index is 0.502. The highest BCUT2D eigenvalue weighted by molar-refractivity contribution is 6.19. The van der Waals surface area contributed by atoms with E-state index in [1.54, 1.807) is 0 Å². The predicted molar refractivity (Wildman–Crippen MR) is 42.7 cm³/mol. The summed E-state index contributed by atoms with van der Waals surface area (Å²) in [5.41, 5.74) is 0.928. The molecule has 0 spiro atoms. The molecular weight excluding hydrogens is 134 g/mol. The minimum absolute atomic E-state index is 0.502. The van der Waals surface area contributed by atoms with Crippen LogP contribution in [0.5, 0.6) is 0 Å². The maximum atomic E-state index is 5.45. The molecule has 0 aliphatic carbocycles. The number of nitrogens with one attached hydrogen (secondary N) is 1. The van der Waals surface area contributed by atoms with Crippen LogP contribution in [0.2, 0.25) is 0 Å². The number of rotatable bonds is 4. The summed E-state index contributed by atoms with van der Waals surface area (Å²) in [6.07, 6.45) is 3.72. The first-order valence-electron chi connectivity index (χ1n) is 2.95. The Labute approximate surface area is 61.4 Å². The summed E-state index contributed by atoms with van der Waals surface area (Å²) in [6.45, 7) is 6.66. The maximum Gasteiger partial charge on any atom is 0.0468 e. The van der Waals surface area contributed by atoms with Crippen molar-refractivity contribution in [1.29, 1.82) is 0 Å². The highest BCUT2D eigenvalue weighted by atomic mass is 35.5. The van der Waals surface area contributed by atoms with Gasteiger partial charge in [-0.05, 0) is 24.8 Å². The third-order valence-electron chi connectivity index (χ3n) is 0.813. The van der Waals surface area contributed by atoms with Crippen molar-refractivity contribution in [3.8, 4) is 0 Å². The van der Waals surface area contributed by atoms with E-state index in [0.717, 1.165) is 12.1 Å². The van der Waals surface area contributed by atoms with Crippen LogP contribution in [0, 0.1) is 0 Å². The van der Waals surface area contributed by atoms with Gasteiger partial charge in [0.15, 0.2) is 0 Å².